The third kappa shape index (κ3) is 2.56. The Morgan fingerprint density at radius 1 is 1.69 bits per heavy atom. The van der Waals surface area contributed by atoms with Crippen LogP contribution in [0, 0.1) is 0 Å². The van der Waals surface area contributed by atoms with Gasteiger partial charge < -0.3 is 10.0 Å². The molecule has 0 spiro atoms. The van der Waals surface area contributed by atoms with E-state index in [1.54, 1.807) is 0 Å². The van der Waals surface area contributed by atoms with Crippen LogP contribution in [0.3, 0.4) is 0 Å². The molecule has 1 atom stereocenters. The molecule has 0 radical (unpaired) electrons. The van der Waals surface area contributed by atoms with E-state index in [9.17, 15) is 4.79 Å². The minimum absolute atomic E-state index is 0.338. The molecule has 0 aromatic rings. The van der Waals surface area contributed by atoms with Crippen molar-refractivity contribution in [2.24, 2.45) is 0 Å². The molecule has 1 aliphatic rings. The van der Waals surface area contributed by atoms with Crippen LogP contribution in [-0.2, 0) is 4.79 Å². The first-order valence-corrected chi connectivity index (χ1v) is 4.80. The predicted molar refractivity (Wildman–Crippen MR) is 51.7 cm³/mol. The van der Waals surface area contributed by atoms with Crippen LogP contribution in [0.25, 0.3) is 0 Å². The lowest BCUT2D eigenvalue weighted by Crippen LogP contribution is -2.30. The van der Waals surface area contributed by atoms with Crippen LogP contribution in [0.1, 0.15) is 26.2 Å². The first kappa shape index (κ1) is 10.3. The Bertz CT molecular complexity index is 213. The molecule has 0 saturated carbocycles. The van der Waals surface area contributed by atoms with Crippen molar-refractivity contribution in [3.05, 3.63) is 12.2 Å². The van der Waals surface area contributed by atoms with Gasteiger partial charge in [-0.25, -0.2) is 4.79 Å². The van der Waals surface area contributed by atoms with Crippen molar-refractivity contribution in [3.63, 3.8) is 0 Å². The molecule has 1 unspecified atom stereocenters. The largest absolute Gasteiger partial charge is 0.478 e. The maximum absolute atomic E-state index is 10.6. The molecule has 1 rings (SSSR count). The summed E-state index contributed by atoms with van der Waals surface area (Å²) in [6, 6.07) is 0.411. The van der Waals surface area contributed by atoms with Crippen LogP contribution in [0.2, 0.25) is 0 Å². The minimum atomic E-state index is -0.858. The molecule has 1 N–H and O–H groups in total. The Labute approximate surface area is 79.0 Å². The highest BCUT2D eigenvalue weighted by Crippen LogP contribution is 2.22. The Balaban J connectivity index is 2.44. The highest BCUT2D eigenvalue weighted by molar-refractivity contribution is 5.85. The SMILES string of the molecule is C=C(CC1CCCN1CC)C(=O)O. The van der Waals surface area contributed by atoms with Crippen molar-refractivity contribution in [1.29, 1.82) is 0 Å². The zero-order valence-corrected chi connectivity index (χ0v) is 8.12. The van der Waals surface area contributed by atoms with Gasteiger partial charge in [0.1, 0.15) is 0 Å². The van der Waals surface area contributed by atoms with E-state index in [1.165, 1.54) is 6.42 Å². The summed E-state index contributed by atoms with van der Waals surface area (Å²) in [6.45, 7) is 7.79. The molecular weight excluding hydrogens is 166 g/mol. The molecule has 0 aromatic carbocycles. The Kier molecular flexibility index (Phi) is 3.48. The van der Waals surface area contributed by atoms with Crippen LogP contribution in [0.4, 0.5) is 0 Å². The first-order chi connectivity index (χ1) is 6.15. The van der Waals surface area contributed by atoms with Gasteiger partial charge in [-0.3, -0.25) is 0 Å². The van der Waals surface area contributed by atoms with E-state index >= 15 is 0 Å². The monoisotopic (exact) mass is 183 g/mol. The van der Waals surface area contributed by atoms with Gasteiger partial charge >= 0.3 is 5.97 Å². The zero-order valence-electron chi connectivity index (χ0n) is 8.12. The van der Waals surface area contributed by atoms with E-state index in [0.29, 0.717) is 18.0 Å². The molecule has 74 valence electrons. The lowest BCUT2D eigenvalue weighted by Gasteiger charge is -2.22. The molecule has 0 aliphatic carbocycles. The van der Waals surface area contributed by atoms with Crippen molar-refractivity contribution in [3.8, 4) is 0 Å². The fourth-order valence-corrected chi connectivity index (χ4v) is 1.91. The molecule has 1 saturated heterocycles. The van der Waals surface area contributed by atoms with Gasteiger partial charge in [-0.1, -0.05) is 13.5 Å². The van der Waals surface area contributed by atoms with Crippen LogP contribution in [-0.4, -0.2) is 35.1 Å². The Hall–Kier alpha value is -0.830. The van der Waals surface area contributed by atoms with Gasteiger partial charge in [0.05, 0.1) is 0 Å². The van der Waals surface area contributed by atoms with Crippen LogP contribution in [0.15, 0.2) is 12.2 Å². The van der Waals surface area contributed by atoms with Gasteiger partial charge in [-0.15, -0.1) is 0 Å². The predicted octanol–water partition coefficient (Wildman–Crippen LogP) is 1.50. The second kappa shape index (κ2) is 4.42. The summed E-state index contributed by atoms with van der Waals surface area (Å²) in [5.74, 6) is -0.858. The van der Waals surface area contributed by atoms with E-state index < -0.39 is 5.97 Å². The zero-order chi connectivity index (χ0) is 9.84. The molecule has 0 amide bonds. The van der Waals surface area contributed by atoms with E-state index in [0.717, 1.165) is 19.5 Å². The number of hydrogen-bond acceptors (Lipinski definition) is 2. The second-order valence-electron chi connectivity index (χ2n) is 3.54. The van der Waals surface area contributed by atoms with Gasteiger partial charge in [0.2, 0.25) is 0 Å². The van der Waals surface area contributed by atoms with Crippen molar-refractivity contribution < 1.29 is 9.90 Å². The highest BCUT2D eigenvalue weighted by Gasteiger charge is 2.24. The normalized spacial score (nSPS) is 23.3. The number of carboxylic acids is 1. The van der Waals surface area contributed by atoms with Crippen molar-refractivity contribution >= 4 is 5.97 Å². The average molecular weight is 183 g/mol. The number of rotatable bonds is 4. The fourth-order valence-electron chi connectivity index (χ4n) is 1.91. The standard InChI is InChI=1S/C10H17NO2/c1-3-11-6-4-5-9(11)7-8(2)10(12)13/h9H,2-7H2,1H3,(H,12,13). The molecule has 1 heterocycles. The maximum Gasteiger partial charge on any atom is 0.331 e. The van der Waals surface area contributed by atoms with E-state index in [4.69, 9.17) is 5.11 Å². The highest BCUT2D eigenvalue weighted by atomic mass is 16.4. The summed E-state index contributed by atoms with van der Waals surface area (Å²) in [4.78, 5) is 12.9. The fraction of sp³-hybridized carbons (Fsp3) is 0.700. The van der Waals surface area contributed by atoms with Crippen molar-refractivity contribution in [2.75, 3.05) is 13.1 Å². The summed E-state index contributed by atoms with van der Waals surface area (Å²) < 4.78 is 0. The number of nitrogens with zero attached hydrogens (tertiary/aromatic N) is 1. The van der Waals surface area contributed by atoms with Crippen LogP contribution < -0.4 is 0 Å². The third-order valence-electron chi connectivity index (χ3n) is 2.69. The quantitative estimate of drug-likeness (QED) is 0.671. The summed E-state index contributed by atoms with van der Waals surface area (Å²) >= 11 is 0. The topological polar surface area (TPSA) is 40.5 Å². The number of carbonyl (C=O) groups is 1. The van der Waals surface area contributed by atoms with E-state index in [2.05, 4.69) is 18.4 Å². The maximum atomic E-state index is 10.6. The van der Waals surface area contributed by atoms with Crippen molar-refractivity contribution in [2.45, 2.75) is 32.2 Å². The Morgan fingerprint density at radius 2 is 2.38 bits per heavy atom. The molecule has 1 fully saturated rings. The molecular formula is C10H17NO2. The van der Waals surface area contributed by atoms with Gasteiger partial charge in [0.25, 0.3) is 0 Å². The van der Waals surface area contributed by atoms with Gasteiger partial charge in [-0.05, 0) is 32.4 Å². The van der Waals surface area contributed by atoms with Gasteiger partial charge in [-0.2, -0.15) is 0 Å². The Morgan fingerprint density at radius 3 is 2.92 bits per heavy atom. The molecule has 3 heteroatoms. The number of likely N-dealkylation sites (tertiary alicyclic amines) is 1. The third-order valence-corrected chi connectivity index (χ3v) is 2.69. The summed E-state index contributed by atoms with van der Waals surface area (Å²) in [5, 5.41) is 8.68. The lowest BCUT2D eigenvalue weighted by atomic mass is 10.1. The van der Waals surface area contributed by atoms with Crippen LogP contribution in [0.5, 0.6) is 0 Å². The van der Waals surface area contributed by atoms with Crippen molar-refractivity contribution in [1.82, 2.24) is 4.90 Å². The summed E-state index contributed by atoms with van der Waals surface area (Å²) in [5.41, 5.74) is 0.338. The molecule has 0 bridgehead atoms. The van der Waals surface area contributed by atoms with Crippen LogP contribution >= 0.6 is 0 Å². The molecule has 3 nitrogen and oxygen atoms in total. The van der Waals surface area contributed by atoms with E-state index in [1.807, 2.05) is 0 Å². The number of hydrogen-bond donors (Lipinski definition) is 1. The number of aliphatic carboxylic acids is 1. The lowest BCUT2D eigenvalue weighted by molar-refractivity contribution is -0.132. The first-order valence-electron chi connectivity index (χ1n) is 4.80. The van der Waals surface area contributed by atoms with Gasteiger partial charge in [0, 0.05) is 11.6 Å². The molecule has 1 aliphatic heterocycles. The molecule has 13 heavy (non-hydrogen) atoms. The second-order valence-corrected chi connectivity index (χ2v) is 3.54. The minimum Gasteiger partial charge on any atom is -0.478 e. The molecule has 0 aromatic heterocycles. The van der Waals surface area contributed by atoms with E-state index in [-0.39, 0.29) is 0 Å². The summed E-state index contributed by atoms with van der Waals surface area (Å²) in [6.07, 6.45) is 2.91. The average Bonchev–Trinajstić information content (AvgIpc) is 2.51. The van der Waals surface area contributed by atoms with Gasteiger partial charge in [0.15, 0.2) is 0 Å². The summed E-state index contributed by atoms with van der Waals surface area (Å²) in [7, 11) is 0. The number of carboxylic acid groups (broad SMARTS) is 1. The smallest absolute Gasteiger partial charge is 0.331 e.